The average molecular weight is 803 g/mol. The summed E-state index contributed by atoms with van der Waals surface area (Å²) in [4.78, 5) is 15.4. The van der Waals surface area contributed by atoms with Crippen LogP contribution in [-0.4, -0.2) is 19.5 Å². The molecule has 0 saturated carbocycles. The maximum Gasteiger partial charge on any atom is 0.238 e. The van der Waals surface area contributed by atoms with Crippen LogP contribution in [0.2, 0.25) is 0 Å². The fraction of sp³-hybridized carbons (Fsp3) is 0.0172. The number of hydrogen-bond acceptors (Lipinski definition) is 4. The van der Waals surface area contributed by atoms with Crippen molar-refractivity contribution in [3.8, 4) is 62.1 Å². The van der Waals surface area contributed by atoms with Crippen molar-refractivity contribution in [3.63, 3.8) is 0 Å². The molecule has 0 atom stereocenters. The van der Waals surface area contributed by atoms with E-state index in [9.17, 15) is 0 Å². The minimum Gasteiger partial charge on any atom is -0.456 e. The van der Waals surface area contributed by atoms with Gasteiger partial charge in [-0.3, -0.25) is 4.57 Å². The van der Waals surface area contributed by atoms with E-state index in [1.807, 2.05) is 60.7 Å². The molecular weight excluding hydrogens is 769 g/mol. The van der Waals surface area contributed by atoms with Gasteiger partial charge in [0.05, 0.1) is 16.4 Å². The van der Waals surface area contributed by atoms with E-state index in [0.717, 1.165) is 66.0 Å². The first-order valence-corrected chi connectivity index (χ1v) is 21.4. The molecular formula is C58H34N4O. The molecule has 63 heavy (non-hydrogen) atoms. The summed E-state index contributed by atoms with van der Waals surface area (Å²) in [6, 6.07) is 73.6. The van der Waals surface area contributed by atoms with Crippen LogP contribution in [0.5, 0.6) is 0 Å². The number of benzene rings is 9. The van der Waals surface area contributed by atoms with Crippen molar-refractivity contribution in [1.29, 1.82) is 0 Å². The fourth-order valence-corrected chi connectivity index (χ4v) is 10.9. The highest BCUT2D eigenvalue weighted by Crippen LogP contribution is 2.63. The van der Waals surface area contributed by atoms with Crippen LogP contribution in [0.4, 0.5) is 0 Å². The molecule has 292 valence electrons. The quantitative estimate of drug-likeness (QED) is 0.178. The van der Waals surface area contributed by atoms with E-state index in [-0.39, 0.29) is 0 Å². The highest BCUT2D eigenvalue weighted by molar-refractivity contribution is 6.16. The van der Waals surface area contributed by atoms with Gasteiger partial charge in [0, 0.05) is 32.7 Å². The molecule has 0 amide bonds. The van der Waals surface area contributed by atoms with E-state index in [1.54, 1.807) is 0 Å². The Labute approximate surface area is 362 Å². The van der Waals surface area contributed by atoms with Crippen LogP contribution in [0.25, 0.3) is 106 Å². The number of rotatable bonds is 4. The summed E-state index contributed by atoms with van der Waals surface area (Å²) in [5.41, 5.74) is 17.7. The summed E-state index contributed by atoms with van der Waals surface area (Å²) in [7, 11) is 0. The Bertz CT molecular complexity index is 3760. The van der Waals surface area contributed by atoms with Crippen LogP contribution in [0.15, 0.2) is 211 Å². The maximum absolute atomic E-state index is 6.92. The van der Waals surface area contributed by atoms with Gasteiger partial charge in [-0.15, -0.1) is 0 Å². The summed E-state index contributed by atoms with van der Waals surface area (Å²) >= 11 is 0. The molecule has 0 bridgehead atoms. The van der Waals surface area contributed by atoms with Crippen LogP contribution in [0.3, 0.4) is 0 Å². The van der Waals surface area contributed by atoms with Crippen molar-refractivity contribution < 1.29 is 4.42 Å². The summed E-state index contributed by atoms with van der Waals surface area (Å²) in [5.74, 6) is 1.81. The second kappa shape index (κ2) is 12.8. The van der Waals surface area contributed by atoms with Crippen molar-refractivity contribution in [2.75, 3.05) is 0 Å². The van der Waals surface area contributed by atoms with Gasteiger partial charge in [-0.05, 0) is 86.0 Å². The van der Waals surface area contributed by atoms with E-state index in [2.05, 4.69) is 150 Å². The van der Waals surface area contributed by atoms with E-state index < -0.39 is 5.41 Å². The van der Waals surface area contributed by atoms with Gasteiger partial charge in [-0.1, -0.05) is 176 Å². The van der Waals surface area contributed by atoms with Gasteiger partial charge < -0.3 is 4.42 Å². The third-order valence-electron chi connectivity index (χ3n) is 13.5. The molecule has 9 aromatic carbocycles. The SMILES string of the molecule is c1ccc(-c2nc(-c3ccccc3)nc(-n3c4ccccc4c4ccc(-c5cccc6oc7cc8c(cc7c56)-c5ccccc5C85c6ccccc6-c6ccccc65)cc43)n2)cc1. The predicted molar refractivity (Wildman–Crippen MR) is 254 cm³/mol. The zero-order valence-corrected chi connectivity index (χ0v) is 33.8. The maximum atomic E-state index is 6.92. The Morgan fingerprint density at radius 2 is 0.905 bits per heavy atom. The van der Waals surface area contributed by atoms with Crippen molar-refractivity contribution in [2.24, 2.45) is 0 Å². The summed E-state index contributed by atoms with van der Waals surface area (Å²) in [6.07, 6.45) is 0. The van der Waals surface area contributed by atoms with Gasteiger partial charge in [0.25, 0.3) is 0 Å². The molecule has 0 aliphatic heterocycles. The van der Waals surface area contributed by atoms with Crippen LogP contribution < -0.4 is 0 Å². The lowest BCUT2D eigenvalue weighted by Crippen LogP contribution is -2.25. The van der Waals surface area contributed by atoms with Crippen molar-refractivity contribution in [3.05, 3.63) is 229 Å². The minimum atomic E-state index is -0.441. The molecule has 0 N–H and O–H groups in total. The van der Waals surface area contributed by atoms with Crippen molar-refractivity contribution in [1.82, 2.24) is 19.5 Å². The van der Waals surface area contributed by atoms with Crippen LogP contribution >= 0.6 is 0 Å². The van der Waals surface area contributed by atoms with Gasteiger partial charge in [-0.2, -0.15) is 9.97 Å². The third-order valence-corrected chi connectivity index (χ3v) is 13.5. The van der Waals surface area contributed by atoms with E-state index in [1.165, 1.54) is 44.5 Å². The Kier molecular flexibility index (Phi) is 6.97. The number of aromatic nitrogens is 4. The second-order valence-electron chi connectivity index (χ2n) is 16.7. The molecule has 2 aliphatic rings. The Hall–Kier alpha value is -8.41. The van der Waals surface area contributed by atoms with E-state index >= 15 is 0 Å². The molecule has 5 heteroatoms. The number of nitrogens with zero attached hydrogens (tertiary/aromatic N) is 4. The highest BCUT2D eigenvalue weighted by atomic mass is 16.3. The molecule has 3 heterocycles. The first kappa shape index (κ1) is 34.3. The molecule has 1 spiro atoms. The topological polar surface area (TPSA) is 56.7 Å². The Morgan fingerprint density at radius 3 is 1.57 bits per heavy atom. The molecule has 3 aromatic heterocycles. The Morgan fingerprint density at radius 1 is 0.349 bits per heavy atom. The van der Waals surface area contributed by atoms with Gasteiger partial charge in [0.1, 0.15) is 11.2 Å². The zero-order valence-electron chi connectivity index (χ0n) is 33.8. The molecule has 2 aliphatic carbocycles. The molecule has 0 fully saturated rings. The number of fused-ring (bicyclic) bond motifs is 16. The molecule has 0 radical (unpaired) electrons. The third kappa shape index (κ3) is 4.68. The second-order valence-corrected chi connectivity index (χ2v) is 16.7. The standard InChI is InChI=1S/C58H34N4O/c1-3-16-35(17-4-1)55-59-56(36-18-5-2-6-19-36)61-57(60-55)62-50-28-14-10-23-42(50)43-31-30-37(32-51(43)62)38-24-15-29-52-54(38)45-33-44-41-22-9-13-27-48(41)58(49(44)34-53(45)63-52)46-25-11-7-20-39(46)40-21-8-12-26-47(40)58/h1-34H. The van der Waals surface area contributed by atoms with Crippen LogP contribution in [-0.2, 0) is 5.41 Å². The molecule has 5 nitrogen and oxygen atoms in total. The molecule has 0 saturated heterocycles. The summed E-state index contributed by atoms with van der Waals surface area (Å²) < 4.78 is 9.12. The molecule has 0 unspecified atom stereocenters. The summed E-state index contributed by atoms with van der Waals surface area (Å²) in [5, 5.41) is 4.45. The smallest absolute Gasteiger partial charge is 0.238 e. The minimum absolute atomic E-state index is 0.441. The zero-order chi connectivity index (χ0) is 41.2. The van der Waals surface area contributed by atoms with Crippen LogP contribution in [0, 0.1) is 0 Å². The highest BCUT2D eigenvalue weighted by Gasteiger charge is 2.51. The van der Waals surface area contributed by atoms with E-state index in [4.69, 9.17) is 19.4 Å². The Balaban J connectivity index is 1.01. The first-order valence-electron chi connectivity index (χ1n) is 21.4. The van der Waals surface area contributed by atoms with E-state index in [0.29, 0.717) is 17.6 Å². The van der Waals surface area contributed by atoms with Gasteiger partial charge in [0.2, 0.25) is 5.95 Å². The first-order chi connectivity index (χ1) is 31.2. The van der Waals surface area contributed by atoms with Gasteiger partial charge in [0.15, 0.2) is 11.6 Å². The lowest BCUT2D eigenvalue weighted by Gasteiger charge is -2.30. The molecule has 12 aromatic rings. The number of furan rings is 1. The average Bonchev–Trinajstić information content (AvgIpc) is 4.07. The lowest BCUT2D eigenvalue weighted by atomic mass is 9.70. The normalized spacial score (nSPS) is 13.2. The van der Waals surface area contributed by atoms with Gasteiger partial charge >= 0.3 is 0 Å². The lowest BCUT2D eigenvalue weighted by molar-refractivity contribution is 0.666. The predicted octanol–water partition coefficient (Wildman–Crippen LogP) is 14.2. The fourth-order valence-electron chi connectivity index (χ4n) is 10.9. The van der Waals surface area contributed by atoms with Crippen LogP contribution in [0.1, 0.15) is 22.3 Å². The van der Waals surface area contributed by atoms with Crippen molar-refractivity contribution in [2.45, 2.75) is 5.41 Å². The summed E-state index contributed by atoms with van der Waals surface area (Å²) in [6.45, 7) is 0. The number of para-hydroxylation sites is 1. The van der Waals surface area contributed by atoms with Crippen molar-refractivity contribution >= 4 is 43.7 Å². The molecule has 14 rings (SSSR count). The number of hydrogen-bond donors (Lipinski definition) is 0. The monoisotopic (exact) mass is 802 g/mol. The van der Waals surface area contributed by atoms with Gasteiger partial charge in [-0.25, -0.2) is 4.98 Å². The largest absolute Gasteiger partial charge is 0.456 e.